The van der Waals surface area contributed by atoms with Gasteiger partial charge in [0.05, 0.1) is 21.2 Å². The van der Waals surface area contributed by atoms with Gasteiger partial charge >= 0.3 is 0 Å². The number of benzene rings is 1. The van der Waals surface area contributed by atoms with E-state index >= 15 is 0 Å². The average Bonchev–Trinajstić information content (AvgIpc) is 3.19. The lowest BCUT2D eigenvalue weighted by molar-refractivity contribution is -0.137. The summed E-state index contributed by atoms with van der Waals surface area (Å²) in [5.74, 6) is -1.66. The van der Waals surface area contributed by atoms with E-state index < -0.39 is 44.3 Å². The lowest BCUT2D eigenvalue weighted by Crippen LogP contribution is -2.48. The van der Waals surface area contributed by atoms with Gasteiger partial charge < -0.3 is 10.2 Å². The van der Waals surface area contributed by atoms with Crippen LogP contribution < -0.4 is 5.32 Å². The SMILES string of the molecule is CC(=O)N1CC(S(=O)(=O)c2ccc(F)cc2Cl)CC1C(=O)NC1(C#N)CC1. The van der Waals surface area contributed by atoms with Crippen molar-refractivity contribution < 1.29 is 22.4 Å². The van der Waals surface area contributed by atoms with Gasteiger partial charge in [0.1, 0.15) is 17.4 Å². The summed E-state index contributed by atoms with van der Waals surface area (Å²) in [7, 11) is -3.99. The van der Waals surface area contributed by atoms with Crippen molar-refractivity contribution in [3.05, 3.63) is 29.0 Å². The molecule has 7 nitrogen and oxygen atoms in total. The second-order valence-electron chi connectivity index (χ2n) is 6.85. The van der Waals surface area contributed by atoms with Gasteiger partial charge in [-0.2, -0.15) is 5.26 Å². The first-order valence-electron chi connectivity index (χ1n) is 8.29. The van der Waals surface area contributed by atoms with E-state index in [2.05, 4.69) is 5.32 Å². The maximum Gasteiger partial charge on any atom is 0.244 e. The number of halogens is 2. The van der Waals surface area contributed by atoms with E-state index in [1.54, 1.807) is 0 Å². The molecule has 1 saturated heterocycles. The minimum absolute atomic E-state index is 0.122. The Bertz CT molecular complexity index is 955. The second-order valence-corrected chi connectivity index (χ2v) is 9.45. The first-order valence-corrected chi connectivity index (χ1v) is 10.2. The minimum atomic E-state index is -3.99. The van der Waals surface area contributed by atoms with Crippen LogP contribution in [0.2, 0.25) is 5.02 Å². The zero-order chi connectivity index (χ0) is 20.0. The molecular formula is C17H17ClFN3O4S. The molecule has 1 aliphatic carbocycles. The van der Waals surface area contributed by atoms with Crippen molar-refractivity contribution in [1.82, 2.24) is 10.2 Å². The molecule has 1 saturated carbocycles. The number of sulfone groups is 1. The fourth-order valence-electron chi connectivity index (χ4n) is 3.21. The average molecular weight is 414 g/mol. The molecule has 0 bridgehead atoms. The molecule has 10 heteroatoms. The van der Waals surface area contributed by atoms with Crippen molar-refractivity contribution in [1.29, 1.82) is 5.26 Å². The molecular weight excluding hydrogens is 397 g/mol. The van der Waals surface area contributed by atoms with Crippen molar-refractivity contribution in [3.8, 4) is 6.07 Å². The van der Waals surface area contributed by atoms with Crippen LogP contribution in [-0.4, -0.2) is 48.5 Å². The second kappa shape index (κ2) is 6.77. The zero-order valence-corrected chi connectivity index (χ0v) is 16.0. The summed E-state index contributed by atoms with van der Waals surface area (Å²) in [6, 6.07) is 4.00. The normalized spacial score (nSPS) is 23.6. The highest BCUT2D eigenvalue weighted by molar-refractivity contribution is 7.92. The third-order valence-corrected chi connectivity index (χ3v) is 7.55. The zero-order valence-electron chi connectivity index (χ0n) is 14.4. The minimum Gasteiger partial charge on any atom is -0.336 e. The summed E-state index contributed by atoms with van der Waals surface area (Å²) >= 11 is 5.89. The van der Waals surface area contributed by atoms with Crippen molar-refractivity contribution >= 4 is 33.3 Å². The van der Waals surface area contributed by atoms with Crippen molar-refractivity contribution in [2.45, 2.75) is 47.9 Å². The van der Waals surface area contributed by atoms with Gasteiger partial charge in [-0.3, -0.25) is 9.59 Å². The van der Waals surface area contributed by atoms with Crippen LogP contribution in [0.5, 0.6) is 0 Å². The van der Waals surface area contributed by atoms with Crippen LogP contribution in [0.1, 0.15) is 26.2 Å². The molecule has 0 aromatic heterocycles. The number of hydrogen-bond donors (Lipinski definition) is 1. The molecule has 27 heavy (non-hydrogen) atoms. The Morgan fingerprint density at radius 2 is 2.07 bits per heavy atom. The van der Waals surface area contributed by atoms with E-state index in [0.717, 1.165) is 18.2 Å². The largest absolute Gasteiger partial charge is 0.336 e. The van der Waals surface area contributed by atoms with Gasteiger partial charge in [-0.15, -0.1) is 0 Å². The molecule has 0 radical (unpaired) electrons. The number of carbonyl (C=O) groups is 2. The number of hydrogen-bond acceptors (Lipinski definition) is 5. The lowest BCUT2D eigenvalue weighted by Gasteiger charge is -2.23. The molecule has 1 aliphatic heterocycles. The van der Waals surface area contributed by atoms with E-state index in [9.17, 15) is 22.4 Å². The third-order valence-electron chi connectivity index (χ3n) is 4.94. The van der Waals surface area contributed by atoms with Crippen LogP contribution in [0, 0.1) is 17.1 Å². The Kier molecular flexibility index (Phi) is 4.91. The molecule has 1 heterocycles. The Morgan fingerprint density at radius 1 is 1.41 bits per heavy atom. The van der Waals surface area contributed by atoms with E-state index in [1.165, 1.54) is 11.8 Å². The van der Waals surface area contributed by atoms with Crippen LogP contribution in [-0.2, 0) is 19.4 Å². The fraction of sp³-hybridized carbons (Fsp3) is 0.471. The Morgan fingerprint density at radius 3 is 2.59 bits per heavy atom. The molecule has 1 N–H and O–H groups in total. The number of amides is 2. The van der Waals surface area contributed by atoms with Gasteiger partial charge in [0, 0.05) is 13.5 Å². The first-order chi connectivity index (χ1) is 12.6. The van der Waals surface area contributed by atoms with Crippen LogP contribution in [0.3, 0.4) is 0 Å². The van der Waals surface area contributed by atoms with Gasteiger partial charge in [-0.25, -0.2) is 12.8 Å². The smallest absolute Gasteiger partial charge is 0.244 e. The monoisotopic (exact) mass is 413 g/mol. The molecule has 144 valence electrons. The Balaban J connectivity index is 1.86. The standard InChI is InChI=1S/C17H17ClFN3O4S/c1-10(23)22-8-12(7-14(22)16(24)21-17(9-20)4-5-17)27(25,26)15-3-2-11(19)6-13(15)18/h2-3,6,12,14H,4-5,7-8H2,1H3,(H,21,24). The molecule has 2 fully saturated rings. The van der Waals surface area contributed by atoms with E-state index in [-0.39, 0.29) is 22.9 Å². The number of nitrogens with one attached hydrogen (secondary N) is 1. The molecule has 1 aromatic rings. The van der Waals surface area contributed by atoms with Gasteiger partial charge in [-0.05, 0) is 37.5 Å². The maximum atomic E-state index is 13.2. The Hall–Kier alpha value is -2.18. The highest BCUT2D eigenvalue weighted by Crippen LogP contribution is 2.36. The van der Waals surface area contributed by atoms with E-state index in [1.807, 2.05) is 6.07 Å². The summed E-state index contributed by atoms with van der Waals surface area (Å²) in [6.07, 6.45) is 0.923. The molecule has 2 amide bonds. The molecule has 0 spiro atoms. The molecule has 2 atom stereocenters. The van der Waals surface area contributed by atoms with Crippen LogP contribution in [0.4, 0.5) is 4.39 Å². The first kappa shape index (κ1) is 19.6. The van der Waals surface area contributed by atoms with E-state index in [4.69, 9.17) is 16.9 Å². The number of nitrogens with zero attached hydrogens (tertiary/aromatic N) is 2. The van der Waals surface area contributed by atoms with Crippen molar-refractivity contribution in [3.63, 3.8) is 0 Å². The summed E-state index contributed by atoms with van der Waals surface area (Å²) in [5, 5.41) is 10.4. The lowest BCUT2D eigenvalue weighted by atomic mass is 10.2. The number of likely N-dealkylation sites (tertiary alicyclic amines) is 1. The molecule has 1 aromatic carbocycles. The van der Waals surface area contributed by atoms with Crippen LogP contribution >= 0.6 is 11.6 Å². The Labute approximate surface area is 161 Å². The molecule has 3 rings (SSSR count). The predicted octanol–water partition coefficient (Wildman–Crippen LogP) is 1.41. The summed E-state index contributed by atoms with van der Waals surface area (Å²) in [5.41, 5.74) is -0.920. The number of carbonyl (C=O) groups excluding carboxylic acids is 2. The van der Waals surface area contributed by atoms with Gasteiger partial charge in [0.15, 0.2) is 9.84 Å². The van der Waals surface area contributed by atoms with Crippen LogP contribution in [0.15, 0.2) is 23.1 Å². The number of nitriles is 1. The molecule has 2 unspecified atom stereocenters. The highest BCUT2D eigenvalue weighted by atomic mass is 35.5. The number of rotatable bonds is 4. The molecule has 2 aliphatic rings. The van der Waals surface area contributed by atoms with Gasteiger partial charge in [0.2, 0.25) is 11.8 Å². The topological polar surface area (TPSA) is 107 Å². The van der Waals surface area contributed by atoms with Gasteiger partial charge in [-0.1, -0.05) is 11.6 Å². The third kappa shape index (κ3) is 3.64. The fourth-order valence-corrected chi connectivity index (χ4v) is 5.44. The summed E-state index contributed by atoms with van der Waals surface area (Å²) in [4.78, 5) is 25.5. The van der Waals surface area contributed by atoms with Gasteiger partial charge in [0.25, 0.3) is 0 Å². The van der Waals surface area contributed by atoms with Crippen LogP contribution in [0.25, 0.3) is 0 Å². The summed E-state index contributed by atoms with van der Waals surface area (Å²) < 4.78 is 39.1. The van der Waals surface area contributed by atoms with Crippen molar-refractivity contribution in [2.24, 2.45) is 0 Å². The van der Waals surface area contributed by atoms with Crippen molar-refractivity contribution in [2.75, 3.05) is 6.54 Å². The predicted molar refractivity (Wildman–Crippen MR) is 93.9 cm³/mol. The quantitative estimate of drug-likeness (QED) is 0.751. The highest BCUT2D eigenvalue weighted by Gasteiger charge is 2.50. The van der Waals surface area contributed by atoms with E-state index in [0.29, 0.717) is 12.8 Å². The summed E-state index contributed by atoms with van der Waals surface area (Å²) in [6.45, 7) is 1.07. The maximum absolute atomic E-state index is 13.2.